The van der Waals surface area contributed by atoms with Crippen LogP contribution in [0.3, 0.4) is 0 Å². The molecule has 0 aliphatic rings. The minimum atomic E-state index is -0.581. The number of nitrogens with zero attached hydrogens (tertiary/aromatic N) is 2. The summed E-state index contributed by atoms with van der Waals surface area (Å²) in [5, 5.41) is 1.54. The molecular formula is C32H36N2O4. The van der Waals surface area contributed by atoms with Crippen molar-refractivity contribution in [1.82, 2.24) is 9.97 Å². The van der Waals surface area contributed by atoms with Crippen LogP contribution in [0.2, 0.25) is 0 Å². The first-order chi connectivity index (χ1) is 18.6. The number of unbranched alkanes of at least 4 members (excludes halogenated alkanes) is 6. The topological polar surface area (TPSA) is 78.4 Å². The highest BCUT2D eigenvalue weighted by atomic mass is 16.5. The van der Waals surface area contributed by atoms with Crippen molar-refractivity contribution in [2.24, 2.45) is 0 Å². The maximum atomic E-state index is 13.6. The molecule has 0 saturated heterocycles. The zero-order valence-corrected chi connectivity index (χ0v) is 22.4. The van der Waals surface area contributed by atoms with Crippen LogP contribution in [0, 0.1) is 0 Å². The van der Waals surface area contributed by atoms with E-state index in [1.54, 1.807) is 6.07 Å². The van der Waals surface area contributed by atoms with Crippen LogP contribution in [0.15, 0.2) is 60.7 Å². The summed E-state index contributed by atoms with van der Waals surface area (Å²) < 4.78 is 11.4. The van der Waals surface area contributed by atoms with Gasteiger partial charge in [-0.05, 0) is 31.0 Å². The number of para-hydroxylation sites is 2. The lowest BCUT2D eigenvalue weighted by atomic mass is 9.98. The summed E-state index contributed by atoms with van der Waals surface area (Å²) in [6.45, 7) is 4.85. The number of rotatable bonds is 13. The van der Waals surface area contributed by atoms with E-state index in [2.05, 4.69) is 13.8 Å². The van der Waals surface area contributed by atoms with Gasteiger partial charge < -0.3 is 9.47 Å². The number of aromatic nitrogens is 2. The summed E-state index contributed by atoms with van der Waals surface area (Å²) in [5.74, 6) is -1.12. The summed E-state index contributed by atoms with van der Waals surface area (Å²) >= 11 is 0. The van der Waals surface area contributed by atoms with Gasteiger partial charge in [-0.3, -0.25) is 0 Å². The van der Waals surface area contributed by atoms with Crippen LogP contribution in [0.25, 0.3) is 33.2 Å². The van der Waals surface area contributed by atoms with Crippen molar-refractivity contribution in [3.63, 3.8) is 0 Å². The van der Waals surface area contributed by atoms with Crippen LogP contribution >= 0.6 is 0 Å². The van der Waals surface area contributed by atoms with Crippen molar-refractivity contribution in [1.29, 1.82) is 0 Å². The number of esters is 2. The van der Waals surface area contributed by atoms with Crippen molar-refractivity contribution >= 4 is 33.7 Å². The van der Waals surface area contributed by atoms with Gasteiger partial charge in [-0.2, -0.15) is 0 Å². The van der Waals surface area contributed by atoms with Crippen molar-refractivity contribution < 1.29 is 19.1 Å². The van der Waals surface area contributed by atoms with E-state index in [1.807, 2.05) is 54.6 Å². The fraction of sp³-hybridized carbons (Fsp3) is 0.375. The van der Waals surface area contributed by atoms with Crippen LogP contribution < -0.4 is 0 Å². The number of ether oxygens (including phenoxy) is 2. The molecule has 6 nitrogen and oxygen atoms in total. The fourth-order valence-electron chi connectivity index (χ4n) is 4.54. The second-order valence-corrected chi connectivity index (χ2v) is 9.51. The van der Waals surface area contributed by atoms with Gasteiger partial charge >= 0.3 is 11.9 Å². The maximum Gasteiger partial charge on any atom is 0.341 e. The first kappa shape index (κ1) is 27.2. The molecule has 4 rings (SSSR count). The summed E-state index contributed by atoms with van der Waals surface area (Å²) in [6.07, 6.45) is 7.86. The van der Waals surface area contributed by atoms with Crippen LogP contribution in [-0.4, -0.2) is 35.1 Å². The minimum Gasteiger partial charge on any atom is -0.462 e. The largest absolute Gasteiger partial charge is 0.462 e. The number of fused-ring (bicyclic) bond motifs is 2. The fourth-order valence-corrected chi connectivity index (χ4v) is 4.54. The molecule has 0 aliphatic carbocycles. The van der Waals surface area contributed by atoms with Gasteiger partial charge in [0.1, 0.15) is 11.3 Å². The minimum absolute atomic E-state index is 0.112. The molecule has 2 aromatic heterocycles. The third-order valence-corrected chi connectivity index (χ3v) is 6.60. The zero-order chi connectivity index (χ0) is 26.7. The maximum absolute atomic E-state index is 13.6. The zero-order valence-electron chi connectivity index (χ0n) is 22.4. The first-order valence-electron chi connectivity index (χ1n) is 13.8. The highest BCUT2D eigenvalue weighted by Gasteiger charge is 2.29. The molecule has 0 bridgehead atoms. The predicted molar refractivity (Wildman–Crippen MR) is 151 cm³/mol. The Bertz CT molecular complexity index is 1400. The second kappa shape index (κ2) is 13.7. The van der Waals surface area contributed by atoms with E-state index in [-0.39, 0.29) is 17.7 Å². The molecule has 4 aromatic rings. The van der Waals surface area contributed by atoms with Gasteiger partial charge in [0.2, 0.25) is 0 Å². The monoisotopic (exact) mass is 512 g/mol. The van der Waals surface area contributed by atoms with E-state index < -0.39 is 11.9 Å². The lowest BCUT2D eigenvalue weighted by molar-refractivity contribution is 0.0452. The summed E-state index contributed by atoms with van der Waals surface area (Å²) in [4.78, 5) is 36.8. The first-order valence-corrected chi connectivity index (χ1v) is 13.8. The highest BCUT2D eigenvalue weighted by molar-refractivity contribution is 6.15. The van der Waals surface area contributed by atoms with Gasteiger partial charge in [0, 0.05) is 10.8 Å². The Morgan fingerprint density at radius 2 is 1.24 bits per heavy atom. The van der Waals surface area contributed by atoms with E-state index in [0.717, 1.165) is 62.3 Å². The number of carbonyl (C=O) groups excluding carboxylic acids is 2. The Balaban J connectivity index is 1.80. The average molecular weight is 513 g/mol. The lowest BCUT2D eigenvalue weighted by Crippen LogP contribution is -2.18. The molecule has 0 saturated carbocycles. The van der Waals surface area contributed by atoms with E-state index in [1.165, 1.54) is 0 Å². The molecule has 0 unspecified atom stereocenters. The third kappa shape index (κ3) is 6.55. The standard InChI is InChI=1S/C32H36N2O4/c1-3-5-7-13-21-37-31(35)28-24-16-10-12-18-26(24)34-30(29(28)32(36)38-22-14-8-6-4-2)27-20-19-23-15-9-11-17-25(23)33-27/h9-12,15-20H,3-8,13-14,21-22H2,1-2H3. The van der Waals surface area contributed by atoms with E-state index >= 15 is 0 Å². The van der Waals surface area contributed by atoms with Crippen LogP contribution in [-0.2, 0) is 9.47 Å². The normalized spacial score (nSPS) is 11.1. The Hall–Kier alpha value is -3.80. The molecule has 0 radical (unpaired) electrons. The summed E-state index contributed by atoms with van der Waals surface area (Å²) in [6, 6.07) is 18.9. The molecule has 38 heavy (non-hydrogen) atoms. The third-order valence-electron chi connectivity index (χ3n) is 6.60. The molecule has 198 valence electrons. The summed E-state index contributed by atoms with van der Waals surface area (Å²) in [5.41, 5.74) is 2.50. The number of pyridine rings is 2. The molecule has 6 heteroatoms. The van der Waals surface area contributed by atoms with Gasteiger partial charge in [0.05, 0.1) is 35.5 Å². The van der Waals surface area contributed by atoms with Crippen LogP contribution in [0.1, 0.15) is 85.9 Å². The second-order valence-electron chi connectivity index (χ2n) is 9.51. The van der Waals surface area contributed by atoms with Crippen molar-refractivity contribution in [3.8, 4) is 11.4 Å². The van der Waals surface area contributed by atoms with E-state index in [9.17, 15) is 9.59 Å². The van der Waals surface area contributed by atoms with Crippen LogP contribution in [0.4, 0.5) is 0 Å². The molecule has 0 N–H and O–H groups in total. The Morgan fingerprint density at radius 1 is 0.632 bits per heavy atom. The Morgan fingerprint density at radius 3 is 1.92 bits per heavy atom. The molecule has 2 heterocycles. The molecule has 0 amide bonds. The number of hydrogen-bond acceptors (Lipinski definition) is 6. The van der Waals surface area contributed by atoms with Crippen LogP contribution in [0.5, 0.6) is 0 Å². The molecule has 0 spiro atoms. The highest BCUT2D eigenvalue weighted by Crippen LogP contribution is 2.32. The van der Waals surface area contributed by atoms with Gasteiger partial charge in [0.15, 0.2) is 0 Å². The molecule has 0 fully saturated rings. The quantitative estimate of drug-likeness (QED) is 0.134. The van der Waals surface area contributed by atoms with Gasteiger partial charge in [-0.25, -0.2) is 19.6 Å². The predicted octanol–water partition coefficient (Wildman–Crippen LogP) is 7.92. The number of carbonyl (C=O) groups is 2. The van der Waals surface area contributed by atoms with Crippen molar-refractivity contribution in [3.05, 3.63) is 71.8 Å². The van der Waals surface area contributed by atoms with E-state index in [4.69, 9.17) is 19.4 Å². The smallest absolute Gasteiger partial charge is 0.341 e. The lowest BCUT2D eigenvalue weighted by Gasteiger charge is -2.16. The van der Waals surface area contributed by atoms with Crippen molar-refractivity contribution in [2.45, 2.75) is 65.2 Å². The Kier molecular flexibility index (Phi) is 9.79. The molecular weight excluding hydrogens is 476 g/mol. The van der Waals surface area contributed by atoms with E-state index in [0.29, 0.717) is 28.9 Å². The molecule has 0 aliphatic heterocycles. The summed E-state index contributed by atoms with van der Waals surface area (Å²) in [7, 11) is 0. The number of hydrogen-bond donors (Lipinski definition) is 0. The average Bonchev–Trinajstić information content (AvgIpc) is 2.95. The SMILES string of the molecule is CCCCCCOC(=O)c1c(-c2ccc3ccccc3n2)nc2ccccc2c1C(=O)OCCCCCC. The van der Waals surface area contributed by atoms with Crippen molar-refractivity contribution in [2.75, 3.05) is 13.2 Å². The number of benzene rings is 2. The van der Waals surface area contributed by atoms with Gasteiger partial charge in [0.25, 0.3) is 0 Å². The molecule has 2 aromatic carbocycles. The van der Waals surface area contributed by atoms with Gasteiger partial charge in [-0.1, -0.05) is 94.8 Å². The molecule has 0 atom stereocenters. The van der Waals surface area contributed by atoms with Gasteiger partial charge in [-0.15, -0.1) is 0 Å². The Labute approximate surface area is 224 Å².